The fourth-order valence-electron chi connectivity index (χ4n) is 1.50. The van der Waals surface area contributed by atoms with Crippen molar-refractivity contribution in [2.45, 2.75) is 20.8 Å². The fourth-order valence-corrected chi connectivity index (χ4v) is 1.50. The average molecular weight is 217 g/mol. The van der Waals surface area contributed by atoms with Crippen LogP contribution in [0.15, 0.2) is 35.4 Å². The number of aliphatic imine (C=N–C) groups is 1. The summed E-state index contributed by atoms with van der Waals surface area (Å²) in [4.78, 5) is 3.67. The van der Waals surface area contributed by atoms with Crippen LogP contribution in [0, 0.1) is 12.7 Å². The molecule has 0 saturated carbocycles. The number of hydrogen-bond donors (Lipinski definition) is 0. The highest BCUT2D eigenvalue weighted by molar-refractivity contribution is 5.68. The minimum absolute atomic E-state index is 0.321. The van der Waals surface area contributed by atoms with E-state index in [2.05, 4.69) is 11.7 Å². The Morgan fingerprint density at radius 3 is 2.62 bits per heavy atom. The summed E-state index contributed by atoms with van der Waals surface area (Å²) in [5.41, 5.74) is 3.04. The molecule has 0 heterocycles. The molecule has 1 aromatic carbocycles. The second-order valence-electron chi connectivity index (χ2n) is 3.66. The van der Waals surface area contributed by atoms with Crippen molar-refractivity contribution in [3.8, 4) is 0 Å². The fraction of sp³-hybridized carbons (Fsp3) is 0.214. The number of nitrogens with zero attached hydrogens (tertiary/aromatic N) is 1. The lowest BCUT2D eigenvalue weighted by Crippen LogP contribution is -1.87. The summed E-state index contributed by atoms with van der Waals surface area (Å²) in [5.74, 6) is -0.321. The molecule has 0 aliphatic rings. The predicted octanol–water partition coefficient (Wildman–Crippen LogP) is 4.45. The van der Waals surface area contributed by atoms with Crippen molar-refractivity contribution in [3.05, 3.63) is 47.3 Å². The second kappa shape index (κ2) is 5.40. The van der Waals surface area contributed by atoms with Crippen molar-refractivity contribution in [3.63, 3.8) is 0 Å². The SMILES string of the molecule is C=Nc1c(C)cc(/C(C)=C/C=C\C)cc1F. The normalized spacial score (nSPS) is 12.1. The quantitative estimate of drug-likeness (QED) is 0.524. The molecule has 0 unspecified atom stereocenters. The van der Waals surface area contributed by atoms with Gasteiger partial charge in [-0.1, -0.05) is 18.2 Å². The Balaban J connectivity index is 3.23. The molecule has 1 nitrogen and oxygen atoms in total. The molecular weight excluding hydrogens is 201 g/mol. The van der Waals surface area contributed by atoms with Crippen molar-refractivity contribution < 1.29 is 4.39 Å². The first-order valence-electron chi connectivity index (χ1n) is 5.17. The summed E-state index contributed by atoms with van der Waals surface area (Å²) in [5, 5.41) is 0. The van der Waals surface area contributed by atoms with Gasteiger partial charge in [0.1, 0.15) is 11.5 Å². The zero-order valence-electron chi connectivity index (χ0n) is 9.92. The zero-order valence-corrected chi connectivity index (χ0v) is 9.92. The molecule has 0 aliphatic carbocycles. The lowest BCUT2D eigenvalue weighted by molar-refractivity contribution is 0.628. The number of hydrogen-bond acceptors (Lipinski definition) is 1. The molecule has 0 aromatic heterocycles. The van der Waals surface area contributed by atoms with E-state index in [1.165, 1.54) is 6.07 Å². The van der Waals surface area contributed by atoms with Crippen LogP contribution in [0.1, 0.15) is 25.0 Å². The summed E-state index contributed by atoms with van der Waals surface area (Å²) in [6, 6.07) is 3.41. The highest BCUT2D eigenvalue weighted by Crippen LogP contribution is 2.27. The van der Waals surface area contributed by atoms with Gasteiger partial charge in [-0.3, -0.25) is 4.99 Å². The van der Waals surface area contributed by atoms with E-state index < -0.39 is 0 Å². The van der Waals surface area contributed by atoms with Gasteiger partial charge in [0.05, 0.1) is 0 Å². The van der Waals surface area contributed by atoms with E-state index in [0.29, 0.717) is 5.69 Å². The average Bonchev–Trinajstić information content (AvgIpc) is 2.25. The lowest BCUT2D eigenvalue weighted by atomic mass is 10.0. The van der Waals surface area contributed by atoms with Crippen molar-refractivity contribution in [1.82, 2.24) is 0 Å². The number of benzene rings is 1. The lowest BCUT2D eigenvalue weighted by Gasteiger charge is -2.06. The molecule has 0 saturated heterocycles. The molecule has 84 valence electrons. The van der Waals surface area contributed by atoms with Crippen molar-refractivity contribution >= 4 is 18.0 Å². The molecule has 0 bridgehead atoms. The van der Waals surface area contributed by atoms with Crippen molar-refractivity contribution in [1.29, 1.82) is 0 Å². The molecular formula is C14H16FN. The van der Waals surface area contributed by atoms with Gasteiger partial charge in [-0.2, -0.15) is 0 Å². The molecule has 16 heavy (non-hydrogen) atoms. The largest absolute Gasteiger partial charge is 0.261 e. The summed E-state index contributed by atoms with van der Waals surface area (Å²) in [6.45, 7) is 9.09. The molecule has 0 aliphatic heterocycles. The van der Waals surface area contributed by atoms with E-state index >= 15 is 0 Å². The molecule has 0 atom stereocenters. The number of allylic oxidation sites excluding steroid dienone is 4. The standard InChI is InChI=1S/C14H16FN/c1-5-6-7-10(2)12-8-11(3)14(16-4)13(15)9-12/h5-9H,4H2,1-3H3/b6-5-,10-7+. The first-order chi connectivity index (χ1) is 7.60. The topological polar surface area (TPSA) is 12.4 Å². The van der Waals surface area contributed by atoms with E-state index in [1.54, 1.807) is 0 Å². The van der Waals surface area contributed by atoms with Crippen LogP contribution in [0.25, 0.3) is 5.57 Å². The van der Waals surface area contributed by atoms with Crippen LogP contribution >= 0.6 is 0 Å². The van der Waals surface area contributed by atoms with E-state index in [0.717, 1.165) is 16.7 Å². The highest BCUT2D eigenvalue weighted by atomic mass is 19.1. The van der Waals surface area contributed by atoms with Crippen molar-refractivity contribution in [2.75, 3.05) is 0 Å². The molecule has 0 radical (unpaired) electrons. The van der Waals surface area contributed by atoms with Gasteiger partial charge < -0.3 is 0 Å². The van der Waals surface area contributed by atoms with Crippen molar-refractivity contribution in [2.24, 2.45) is 4.99 Å². The van der Waals surface area contributed by atoms with E-state index in [-0.39, 0.29) is 5.82 Å². The Morgan fingerprint density at radius 1 is 1.44 bits per heavy atom. The zero-order chi connectivity index (χ0) is 12.1. The minimum Gasteiger partial charge on any atom is -0.261 e. The van der Waals surface area contributed by atoms with Gasteiger partial charge in [-0.15, -0.1) is 0 Å². The van der Waals surface area contributed by atoms with Gasteiger partial charge in [0, 0.05) is 0 Å². The maximum atomic E-state index is 13.6. The maximum absolute atomic E-state index is 13.6. The maximum Gasteiger partial charge on any atom is 0.149 e. The summed E-state index contributed by atoms with van der Waals surface area (Å²) >= 11 is 0. The molecule has 0 N–H and O–H groups in total. The number of rotatable bonds is 3. The third-order valence-electron chi connectivity index (χ3n) is 2.41. The predicted molar refractivity (Wildman–Crippen MR) is 68.8 cm³/mol. The minimum atomic E-state index is -0.321. The Morgan fingerprint density at radius 2 is 2.12 bits per heavy atom. The van der Waals surface area contributed by atoms with E-state index in [4.69, 9.17) is 0 Å². The Hall–Kier alpha value is -1.70. The second-order valence-corrected chi connectivity index (χ2v) is 3.66. The molecule has 0 fully saturated rings. The first-order valence-corrected chi connectivity index (χ1v) is 5.17. The van der Waals surface area contributed by atoms with Crippen LogP contribution in [-0.2, 0) is 0 Å². The Labute approximate surface area is 96.0 Å². The van der Waals surface area contributed by atoms with Gasteiger partial charge >= 0.3 is 0 Å². The molecule has 0 spiro atoms. The van der Waals surface area contributed by atoms with Gasteiger partial charge in [-0.05, 0) is 56.3 Å². The Kier molecular flexibility index (Phi) is 4.18. The number of aryl methyl sites for hydroxylation is 1. The van der Waals surface area contributed by atoms with Crippen LogP contribution in [0.3, 0.4) is 0 Å². The third-order valence-corrected chi connectivity index (χ3v) is 2.41. The number of halogens is 1. The molecule has 1 rings (SSSR count). The van der Waals surface area contributed by atoms with Crippen LogP contribution in [-0.4, -0.2) is 6.72 Å². The summed E-state index contributed by atoms with van der Waals surface area (Å²) < 4.78 is 13.6. The highest BCUT2D eigenvalue weighted by Gasteiger charge is 2.06. The van der Waals surface area contributed by atoms with Gasteiger partial charge in [0.15, 0.2) is 0 Å². The van der Waals surface area contributed by atoms with Gasteiger partial charge in [0.2, 0.25) is 0 Å². The molecule has 1 aromatic rings. The Bertz CT molecular complexity index is 433. The summed E-state index contributed by atoms with van der Waals surface area (Å²) in [6.07, 6.45) is 5.82. The van der Waals surface area contributed by atoms with Crippen LogP contribution in [0.2, 0.25) is 0 Å². The molecule has 2 heteroatoms. The van der Waals surface area contributed by atoms with E-state index in [9.17, 15) is 4.39 Å². The van der Waals surface area contributed by atoms with Crippen LogP contribution in [0.5, 0.6) is 0 Å². The first kappa shape index (κ1) is 12.4. The molecule has 0 amide bonds. The third kappa shape index (κ3) is 2.66. The van der Waals surface area contributed by atoms with Crippen LogP contribution < -0.4 is 0 Å². The monoisotopic (exact) mass is 217 g/mol. The van der Waals surface area contributed by atoms with Crippen LogP contribution in [0.4, 0.5) is 10.1 Å². The van der Waals surface area contributed by atoms with Gasteiger partial charge in [-0.25, -0.2) is 4.39 Å². The van der Waals surface area contributed by atoms with E-state index in [1.807, 2.05) is 45.1 Å². The smallest absolute Gasteiger partial charge is 0.149 e. The van der Waals surface area contributed by atoms with Gasteiger partial charge in [0.25, 0.3) is 0 Å². The summed E-state index contributed by atoms with van der Waals surface area (Å²) in [7, 11) is 0.